The average Bonchev–Trinajstić information content (AvgIpc) is 3.23. The number of nitrogens with zero attached hydrogens (tertiary/aromatic N) is 3. The largest absolute Gasteiger partial charge is 0.482 e. The van der Waals surface area contributed by atoms with Crippen molar-refractivity contribution in [1.82, 2.24) is 4.90 Å². The Kier molecular flexibility index (Phi) is 8.75. The lowest BCUT2D eigenvalue weighted by Crippen LogP contribution is -2.44. The van der Waals surface area contributed by atoms with Crippen LogP contribution in [0.5, 0.6) is 5.75 Å². The van der Waals surface area contributed by atoms with Gasteiger partial charge in [-0.3, -0.25) is 19.3 Å². The molecule has 222 valence electrons. The first-order valence-corrected chi connectivity index (χ1v) is 14.2. The summed E-state index contributed by atoms with van der Waals surface area (Å²) in [7, 11) is 0. The highest BCUT2D eigenvalue weighted by molar-refractivity contribution is 6.09. The molecule has 0 saturated heterocycles. The summed E-state index contributed by atoms with van der Waals surface area (Å²) in [6, 6.07) is 21.9. The van der Waals surface area contributed by atoms with Gasteiger partial charge in [-0.2, -0.15) is 0 Å². The van der Waals surface area contributed by atoms with Crippen LogP contribution in [-0.4, -0.2) is 59.1 Å². The van der Waals surface area contributed by atoms with Crippen molar-refractivity contribution in [3.05, 3.63) is 109 Å². The second kappa shape index (κ2) is 12.6. The van der Waals surface area contributed by atoms with Crippen molar-refractivity contribution >= 4 is 34.8 Å². The van der Waals surface area contributed by atoms with Crippen molar-refractivity contribution in [1.29, 1.82) is 0 Å². The molecule has 0 aromatic heterocycles. The number of benzene rings is 3. The smallest absolute Gasteiger partial charge is 0.269 e. The van der Waals surface area contributed by atoms with Gasteiger partial charge in [0.2, 0.25) is 5.91 Å². The number of aliphatic hydroxyl groups is 2. The van der Waals surface area contributed by atoms with E-state index in [1.54, 1.807) is 60.4 Å². The second-order valence-corrected chi connectivity index (χ2v) is 10.6. The highest BCUT2D eigenvalue weighted by Gasteiger charge is 2.52. The van der Waals surface area contributed by atoms with E-state index < -0.39 is 17.4 Å². The molecule has 3 amide bonds. The van der Waals surface area contributed by atoms with Crippen LogP contribution in [-0.2, 0) is 26.5 Å². The first-order chi connectivity index (χ1) is 20.8. The molecule has 0 unspecified atom stereocenters. The van der Waals surface area contributed by atoms with E-state index >= 15 is 0 Å². The van der Waals surface area contributed by atoms with Crippen molar-refractivity contribution in [3.63, 3.8) is 0 Å². The summed E-state index contributed by atoms with van der Waals surface area (Å²) < 4.78 is 5.59. The van der Waals surface area contributed by atoms with E-state index in [2.05, 4.69) is 6.58 Å². The van der Waals surface area contributed by atoms with Crippen molar-refractivity contribution in [3.8, 4) is 5.75 Å². The fraction of sp³-hybridized carbons (Fsp3) is 0.265. The monoisotopic (exact) mass is 581 g/mol. The molecule has 43 heavy (non-hydrogen) atoms. The fourth-order valence-corrected chi connectivity index (χ4v) is 5.63. The van der Waals surface area contributed by atoms with Crippen LogP contribution in [0.25, 0.3) is 0 Å². The van der Waals surface area contributed by atoms with Gasteiger partial charge >= 0.3 is 0 Å². The Balaban J connectivity index is 1.42. The topological polar surface area (TPSA) is 111 Å². The molecule has 0 saturated carbocycles. The summed E-state index contributed by atoms with van der Waals surface area (Å²) in [4.78, 5) is 44.4. The Morgan fingerprint density at radius 2 is 1.84 bits per heavy atom. The van der Waals surface area contributed by atoms with Gasteiger partial charge in [-0.15, -0.1) is 6.58 Å². The minimum absolute atomic E-state index is 0.0315. The van der Waals surface area contributed by atoms with Gasteiger partial charge in [0, 0.05) is 43.2 Å². The predicted molar refractivity (Wildman–Crippen MR) is 164 cm³/mol. The summed E-state index contributed by atoms with van der Waals surface area (Å²) in [5, 5.41) is 21.6. The van der Waals surface area contributed by atoms with Crippen molar-refractivity contribution in [2.45, 2.75) is 25.5 Å². The van der Waals surface area contributed by atoms with Crippen LogP contribution in [0.3, 0.4) is 0 Å². The number of carbonyl (C=O) groups is 3. The zero-order valence-corrected chi connectivity index (χ0v) is 24.1. The van der Waals surface area contributed by atoms with Gasteiger partial charge in [0.1, 0.15) is 5.75 Å². The van der Waals surface area contributed by atoms with Gasteiger partial charge < -0.3 is 24.7 Å². The molecule has 9 heteroatoms. The van der Waals surface area contributed by atoms with Crippen LogP contribution < -0.4 is 14.5 Å². The Labute approximate surface area is 250 Å². The third kappa shape index (κ3) is 5.69. The summed E-state index contributed by atoms with van der Waals surface area (Å²) in [6.07, 6.45) is 4.93. The molecule has 0 bridgehead atoms. The van der Waals surface area contributed by atoms with E-state index in [0.717, 1.165) is 5.56 Å². The molecule has 9 nitrogen and oxygen atoms in total. The third-order valence-electron chi connectivity index (χ3n) is 7.84. The highest BCUT2D eigenvalue weighted by atomic mass is 16.5. The number of amides is 3. The van der Waals surface area contributed by atoms with Crippen LogP contribution in [0.1, 0.15) is 24.5 Å². The lowest BCUT2D eigenvalue weighted by molar-refractivity contribution is -0.139. The molecule has 0 aliphatic carbocycles. The van der Waals surface area contributed by atoms with Crippen LogP contribution in [0.2, 0.25) is 0 Å². The van der Waals surface area contributed by atoms with Gasteiger partial charge in [-0.25, -0.2) is 0 Å². The number of para-hydroxylation sites is 2. The maximum atomic E-state index is 13.8. The molecule has 3 aromatic carbocycles. The van der Waals surface area contributed by atoms with Gasteiger partial charge in [-0.1, -0.05) is 67.6 Å². The molecular formula is C34H35N3O6. The van der Waals surface area contributed by atoms with Crippen molar-refractivity contribution in [2.75, 3.05) is 36.1 Å². The summed E-state index contributed by atoms with van der Waals surface area (Å²) in [5.41, 5.74) is 0.963. The second-order valence-electron chi connectivity index (χ2n) is 10.6. The normalized spacial score (nSPS) is 18.3. The number of anilines is 3. The van der Waals surface area contributed by atoms with Gasteiger partial charge in [0.05, 0.1) is 18.0 Å². The molecule has 2 atom stereocenters. The quantitative estimate of drug-likeness (QED) is 0.331. The van der Waals surface area contributed by atoms with Crippen LogP contribution >= 0.6 is 0 Å². The SMILES string of the molecule is C=CCN1C(=O)[C@](O)([C@H](C)/C=C/CC(=O)N(CCO)Cc2ccccc2)c2cc(N3C(=O)COc4ccccc43)ccc21. The van der Waals surface area contributed by atoms with E-state index in [1.165, 1.54) is 9.80 Å². The van der Waals surface area contributed by atoms with Gasteiger partial charge in [-0.05, 0) is 35.9 Å². The molecular weight excluding hydrogens is 546 g/mol. The molecule has 2 aliphatic rings. The average molecular weight is 582 g/mol. The molecule has 2 N–H and O–H groups in total. The summed E-state index contributed by atoms with van der Waals surface area (Å²) in [5.74, 6) is -1.13. The number of hydrogen-bond donors (Lipinski definition) is 2. The predicted octanol–water partition coefficient (Wildman–Crippen LogP) is 4.07. The Hall–Kier alpha value is -4.73. The number of ether oxygens (including phenoxy) is 1. The van der Waals surface area contributed by atoms with E-state index in [-0.39, 0.29) is 44.5 Å². The van der Waals surface area contributed by atoms with E-state index in [9.17, 15) is 24.6 Å². The fourth-order valence-electron chi connectivity index (χ4n) is 5.63. The maximum Gasteiger partial charge on any atom is 0.269 e. The van der Waals surface area contributed by atoms with Crippen LogP contribution in [0.15, 0.2) is 97.6 Å². The Morgan fingerprint density at radius 3 is 2.58 bits per heavy atom. The van der Waals surface area contributed by atoms with Gasteiger partial charge in [0.25, 0.3) is 11.8 Å². The molecule has 3 aromatic rings. The van der Waals surface area contributed by atoms with Crippen molar-refractivity contribution < 1.29 is 29.3 Å². The highest BCUT2D eigenvalue weighted by Crippen LogP contribution is 2.48. The van der Waals surface area contributed by atoms with Crippen LogP contribution in [0, 0.1) is 5.92 Å². The molecule has 5 rings (SSSR count). The van der Waals surface area contributed by atoms with E-state index in [0.29, 0.717) is 34.9 Å². The standard InChI is InChI=1S/C34H35N3O6/c1-3-18-36-28-17-16-26(37-29-13-7-8-14-30(29)43-23-32(37)40)21-27(28)34(42,33(36)41)24(2)10-9-15-31(39)35(19-20-38)22-25-11-5-4-6-12-25/h3-14,16-17,21,24,38,42H,1,15,18-20,22-23H2,2H3/b10-9+/t24-,34+/m1/s1. The number of hydrogen-bond acceptors (Lipinski definition) is 6. The minimum Gasteiger partial charge on any atom is -0.482 e. The Morgan fingerprint density at radius 1 is 1.09 bits per heavy atom. The maximum absolute atomic E-state index is 13.8. The van der Waals surface area contributed by atoms with E-state index in [4.69, 9.17) is 4.74 Å². The summed E-state index contributed by atoms with van der Waals surface area (Å²) in [6.45, 7) is 5.93. The third-order valence-corrected chi connectivity index (χ3v) is 7.84. The number of aliphatic hydroxyl groups excluding tert-OH is 1. The van der Waals surface area contributed by atoms with Crippen LogP contribution in [0.4, 0.5) is 17.1 Å². The first-order valence-electron chi connectivity index (χ1n) is 14.2. The molecule has 2 aliphatic heterocycles. The lowest BCUT2D eigenvalue weighted by Gasteiger charge is -2.31. The minimum atomic E-state index is -1.95. The molecule has 0 fully saturated rings. The van der Waals surface area contributed by atoms with E-state index in [1.807, 2.05) is 42.5 Å². The zero-order valence-electron chi connectivity index (χ0n) is 24.1. The summed E-state index contributed by atoms with van der Waals surface area (Å²) >= 11 is 0. The number of rotatable bonds is 11. The van der Waals surface area contributed by atoms with Gasteiger partial charge in [0.15, 0.2) is 12.2 Å². The molecule has 0 radical (unpaired) electrons. The first kappa shape index (κ1) is 29.8. The zero-order chi connectivity index (χ0) is 30.6. The molecule has 0 spiro atoms. The molecule has 2 heterocycles. The number of fused-ring (bicyclic) bond motifs is 2. The lowest BCUT2D eigenvalue weighted by atomic mass is 9.82. The van der Waals surface area contributed by atoms with Crippen molar-refractivity contribution in [2.24, 2.45) is 5.92 Å². The Bertz CT molecular complexity index is 1550. The number of carbonyl (C=O) groups excluding carboxylic acids is 3.